The quantitative estimate of drug-likeness (QED) is 0.642. The van der Waals surface area contributed by atoms with E-state index < -0.39 is 30.3 Å². The van der Waals surface area contributed by atoms with Crippen molar-refractivity contribution in [3.05, 3.63) is 35.4 Å². The number of benzene rings is 1. The first-order valence-electron chi connectivity index (χ1n) is 5.64. The lowest BCUT2D eigenvalue weighted by atomic mass is 10.1. The van der Waals surface area contributed by atoms with E-state index in [4.69, 9.17) is 10.5 Å². The van der Waals surface area contributed by atoms with E-state index in [2.05, 4.69) is 0 Å². The Morgan fingerprint density at radius 3 is 2.53 bits per heavy atom. The van der Waals surface area contributed by atoms with E-state index in [1.165, 1.54) is 0 Å². The summed E-state index contributed by atoms with van der Waals surface area (Å²) in [5, 5.41) is 0. The zero-order valence-corrected chi connectivity index (χ0v) is 10.0. The fourth-order valence-corrected chi connectivity index (χ4v) is 1.47. The summed E-state index contributed by atoms with van der Waals surface area (Å²) in [7, 11) is 0. The third kappa shape index (κ3) is 5.98. The van der Waals surface area contributed by atoms with Crippen LogP contribution in [-0.4, -0.2) is 19.4 Å². The SMILES string of the molecule is NC(COCCCC(F)(F)F)c1cc(F)ccc1F. The van der Waals surface area contributed by atoms with Crippen LogP contribution in [0.25, 0.3) is 0 Å². The molecule has 0 heterocycles. The van der Waals surface area contributed by atoms with Gasteiger partial charge in [0.2, 0.25) is 0 Å². The van der Waals surface area contributed by atoms with E-state index in [1.807, 2.05) is 0 Å². The lowest BCUT2D eigenvalue weighted by Crippen LogP contribution is -2.19. The fourth-order valence-electron chi connectivity index (χ4n) is 1.47. The minimum absolute atomic E-state index is 0.0594. The molecule has 0 radical (unpaired) electrons. The van der Waals surface area contributed by atoms with Gasteiger partial charge in [-0.3, -0.25) is 0 Å². The molecule has 2 N–H and O–H groups in total. The summed E-state index contributed by atoms with van der Waals surface area (Å²) >= 11 is 0. The van der Waals surface area contributed by atoms with E-state index in [-0.39, 0.29) is 25.2 Å². The molecule has 1 aromatic rings. The molecule has 1 unspecified atom stereocenters. The zero-order valence-electron chi connectivity index (χ0n) is 10.0. The van der Waals surface area contributed by atoms with Gasteiger partial charge in [0.05, 0.1) is 12.6 Å². The molecule has 0 saturated carbocycles. The highest BCUT2D eigenvalue weighted by molar-refractivity contribution is 5.22. The van der Waals surface area contributed by atoms with Crippen molar-refractivity contribution in [2.24, 2.45) is 5.73 Å². The molecule has 1 atom stereocenters. The number of rotatable bonds is 6. The Hall–Kier alpha value is -1.21. The Balaban J connectivity index is 2.35. The molecule has 0 bridgehead atoms. The molecule has 0 aromatic heterocycles. The van der Waals surface area contributed by atoms with Gasteiger partial charge in [0.25, 0.3) is 0 Å². The molecule has 0 amide bonds. The molecule has 1 rings (SSSR count). The third-order valence-electron chi connectivity index (χ3n) is 2.40. The summed E-state index contributed by atoms with van der Waals surface area (Å²) in [5.74, 6) is -1.31. The van der Waals surface area contributed by atoms with Gasteiger partial charge in [0.15, 0.2) is 0 Å². The minimum Gasteiger partial charge on any atom is -0.379 e. The monoisotopic (exact) mass is 283 g/mol. The maximum atomic E-state index is 13.3. The highest BCUT2D eigenvalue weighted by Gasteiger charge is 2.26. The molecule has 0 saturated heterocycles. The second-order valence-corrected chi connectivity index (χ2v) is 4.07. The Bertz CT molecular complexity index is 408. The van der Waals surface area contributed by atoms with Crippen LogP contribution in [0.15, 0.2) is 18.2 Å². The Morgan fingerprint density at radius 2 is 1.89 bits per heavy atom. The third-order valence-corrected chi connectivity index (χ3v) is 2.40. The number of ether oxygens (including phenoxy) is 1. The molecular weight excluding hydrogens is 269 g/mol. The van der Waals surface area contributed by atoms with Crippen LogP contribution in [-0.2, 0) is 4.74 Å². The average molecular weight is 283 g/mol. The first-order valence-corrected chi connectivity index (χ1v) is 5.64. The molecule has 0 aliphatic rings. The van der Waals surface area contributed by atoms with Crippen LogP contribution >= 0.6 is 0 Å². The van der Waals surface area contributed by atoms with Crippen LogP contribution in [0, 0.1) is 11.6 Å². The van der Waals surface area contributed by atoms with Crippen LogP contribution in [0.1, 0.15) is 24.4 Å². The smallest absolute Gasteiger partial charge is 0.379 e. The minimum atomic E-state index is -4.22. The van der Waals surface area contributed by atoms with Crippen molar-refractivity contribution in [3.8, 4) is 0 Å². The second-order valence-electron chi connectivity index (χ2n) is 4.07. The first kappa shape index (κ1) is 15.8. The first-order chi connectivity index (χ1) is 8.79. The van der Waals surface area contributed by atoms with Crippen LogP contribution in [0.2, 0.25) is 0 Å². The van der Waals surface area contributed by atoms with Gasteiger partial charge in [0.1, 0.15) is 11.6 Å². The van der Waals surface area contributed by atoms with Crippen molar-refractivity contribution >= 4 is 0 Å². The number of alkyl halides is 3. The van der Waals surface area contributed by atoms with Gasteiger partial charge in [-0.25, -0.2) is 8.78 Å². The summed E-state index contributed by atoms with van der Waals surface area (Å²) < 4.78 is 66.6. The Morgan fingerprint density at radius 1 is 1.21 bits per heavy atom. The molecule has 0 aliphatic carbocycles. The zero-order chi connectivity index (χ0) is 14.5. The average Bonchev–Trinajstić information content (AvgIpc) is 2.30. The van der Waals surface area contributed by atoms with Gasteiger partial charge in [-0.15, -0.1) is 0 Å². The van der Waals surface area contributed by atoms with Crippen molar-refractivity contribution < 1.29 is 26.7 Å². The molecule has 2 nitrogen and oxygen atoms in total. The van der Waals surface area contributed by atoms with E-state index in [9.17, 15) is 22.0 Å². The number of nitrogens with two attached hydrogens (primary N) is 1. The van der Waals surface area contributed by atoms with Crippen molar-refractivity contribution in [2.75, 3.05) is 13.2 Å². The van der Waals surface area contributed by atoms with E-state index in [0.29, 0.717) is 0 Å². The molecule has 1 aromatic carbocycles. The van der Waals surface area contributed by atoms with Gasteiger partial charge in [0, 0.05) is 18.6 Å². The fraction of sp³-hybridized carbons (Fsp3) is 0.500. The van der Waals surface area contributed by atoms with Crippen molar-refractivity contribution in [2.45, 2.75) is 25.1 Å². The van der Waals surface area contributed by atoms with Crippen molar-refractivity contribution in [1.82, 2.24) is 0 Å². The molecule has 0 aliphatic heterocycles. The number of hydrogen-bond acceptors (Lipinski definition) is 2. The number of halogens is 5. The van der Waals surface area contributed by atoms with E-state index >= 15 is 0 Å². The van der Waals surface area contributed by atoms with Crippen LogP contribution in [0.3, 0.4) is 0 Å². The van der Waals surface area contributed by atoms with Gasteiger partial charge in [-0.05, 0) is 24.6 Å². The van der Waals surface area contributed by atoms with E-state index in [0.717, 1.165) is 18.2 Å². The Kier molecular flexibility index (Phi) is 5.68. The van der Waals surface area contributed by atoms with Gasteiger partial charge >= 0.3 is 6.18 Å². The standard InChI is InChI=1S/C12H14F5NO/c13-8-2-3-10(14)9(6-8)11(18)7-19-5-1-4-12(15,16)17/h2-3,6,11H,1,4-5,7,18H2. The molecular formula is C12H14F5NO. The lowest BCUT2D eigenvalue weighted by Gasteiger charge is -2.14. The van der Waals surface area contributed by atoms with Crippen molar-refractivity contribution in [1.29, 1.82) is 0 Å². The molecule has 108 valence electrons. The van der Waals surface area contributed by atoms with E-state index in [1.54, 1.807) is 0 Å². The predicted molar refractivity (Wildman–Crippen MR) is 59.4 cm³/mol. The summed E-state index contributed by atoms with van der Waals surface area (Å²) in [6.45, 7) is -0.303. The van der Waals surface area contributed by atoms with Crippen molar-refractivity contribution in [3.63, 3.8) is 0 Å². The summed E-state index contributed by atoms with van der Waals surface area (Å²) in [4.78, 5) is 0. The highest BCUT2D eigenvalue weighted by atomic mass is 19.4. The molecule has 19 heavy (non-hydrogen) atoms. The summed E-state index contributed by atoms with van der Waals surface area (Å²) in [5.41, 5.74) is 5.52. The maximum Gasteiger partial charge on any atom is 0.389 e. The molecule has 7 heteroatoms. The largest absolute Gasteiger partial charge is 0.389 e. The summed E-state index contributed by atoms with van der Waals surface area (Å²) in [6, 6.07) is 1.92. The topological polar surface area (TPSA) is 35.2 Å². The lowest BCUT2D eigenvalue weighted by molar-refractivity contribution is -0.137. The number of hydrogen-bond donors (Lipinski definition) is 1. The van der Waals surface area contributed by atoms with Gasteiger partial charge in [-0.1, -0.05) is 0 Å². The maximum absolute atomic E-state index is 13.3. The van der Waals surface area contributed by atoms with Crippen LogP contribution in [0.5, 0.6) is 0 Å². The highest BCUT2D eigenvalue weighted by Crippen LogP contribution is 2.21. The second kappa shape index (κ2) is 6.81. The predicted octanol–water partition coefficient (Wildman–Crippen LogP) is 3.32. The normalized spacial score (nSPS) is 13.6. The van der Waals surface area contributed by atoms with Crippen LogP contribution in [0.4, 0.5) is 22.0 Å². The van der Waals surface area contributed by atoms with Crippen LogP contribution < -0.4 is 5.73 Å². The van der Waals surface area contributed by atoms with Gasteiger partial charge in [-0.2, -0.15) is 13.2 Å². The molecule has 0 fully saturated rings. The van der Waals surface area contributed by atoms with Gasteiger partial charge < -0.3 is 10.5 Å². The Labute approximate surface area is 107 Å². The molecule has 0 spiro atoms. The summed E-state index contributed by atoms with van der Waals surface area (Å²) in [6.07, 6.45) is -5.36.